The Bertz CT molecular complexity index is 210. The predicted molar refractivity (Wildman–Crippen MR) is 55.2 cm³/mol. The van der Waals surface area contributed by atoms with Crippen LogP contribution in [-0.2, 0) is 19.1 Å². The van der Waals surface area contributed by atoms with Gasteiger partial charge in [-0.05, 0) is 13.8 Å². The van der Waals surface area contributed by atoms with Gasteiger partial charge in [0.1, 0.15) is 6.61 Å². The van der Waals surface area contributed by atoms with Crippen molar-refractivity contribution in [2.75, 3.05) is 19.8 Å². The van der Waals surface area contributed by atoms with E-state index < -0.39 is 5.97 Å². The molecule has 0 rings (SSSR count). The fraction of sp³-hybridized carbons (Fsp3) is 0.600. The molecule has 0 saturated carbocycles. The third-order valence-corrected chi connectivity index (χ3v) is 1.02. The standard InChI is InChI=1S/C6H10O3.C4H8O2/c1-5(2)6(8)9-4-3-7;1-3-6-4(2)5/h7H,1,3-4H2,2H3;3H2,1-2H3. The smallest absolute Gasteiger partial charge is 0.333 e. The molecule has 0 aliphatic rings. The molecule has 0 bridgehead atoms. The summed E-state index contributed by atoms with van der Waals surface area (Å²) in [5.74, 6) is -0.665. The Labute approximate surface area is 89.7 Å². The summed E-state index contributed by atoms with van der Waals surface area (Å²) in [6.45, 7) is 8.47. The highest BCUT2D eigenvalue weighted by atomic mass is 16.5. The summed E-state index contributed by atoms with van der Waals surface area (Å²) >= 11 is 0. The van der Waals surface area contributed by atoms with Crippen molar-refractivity contribution in [1.29, 1.82) is 0 Å². The monoisotopic (exact) mass is 218 g/mol. The molecule has 0 radical (unpaired) electrons. The van der Waals surface area contributed by atoms with E-state index in [1.165, 1.54) is 6.92 Å². The molecule has 0 spiro atoms. The summed E-state index contributed by atoms with van der Waals surface area (Å²) in [6.07, 6.45) is 0. The Kier molecular flexibility index (Phi) is 11.5. The van der Waals surface area contributed by atoms with Crippen LogP contribution in [0.4, 0.5) is 0 Å². The number of ether oxygens (including phenoxy) is 2. The van der Waals surface area contributed by atoms with Gasteiger partial charge in [-0.25, -0.2) is 4.79 Å². The fourth-order valence-electron chi connectivity index (χ4n) is 0.465. The molecule has 5 heteroatoms. The van der Waals surface area contributed by atoms with Gasteiger partial charge >= 0.3 is 11.9 Å². The molecule has 88 valence electrons. The van der Waals surface area contributed by atoms with Gasteiger partial charge in [0.05, 0.1) is 13.2 Å². The largest absolute Gasteiger partial charge is 0.466 e. The highest BCUT2D eigenvalue weighted by Crippen LogP contribution is 1.89. The summed E-state index contributed by atoms with van der Waals surface area (Å²) in [4.78, 5) is 20.3. The van der Waals surface area contributed by atoms with Gasteiger partial charge in [-0.2, -0.15) is 0 Å². The minimum atomic E-state index is -0.455. The van der Waals surface area contributed by atoms with Crippen LogP contribution in [0.5, 0.6) is 0 Å². The first-order valence-corrected chi connectivity index (χ1v) is 4.52. The summed E-state index contributed by atoms with van der Waals surface area (Å²) in [5, 5.41) is 8.19. The van der Waals surface area contributed by atoms with Gasteiger partial charge in [0.15, 0.2) is 0 Å². The second-order valence-corrected chi connectivity index (χ2v) is 2.56. The lowest BCUT2D eigenvalue weighted by atomic mass is 10.4. The van der Waals surface area contributed by atoms with Crippen LogP contribution in [0.15, 0.2) is 12.2 Å². The molecule has 0 fully saturated rings. The van der Waals surface area contributed by atoms with Gasteiger partial charge in [-0.1, -0.05) is 6.58 Å². The number of hydrogen-bond acceptors (Lipinski definition) is 5. The molecule has 0 aromatic carbocycles. The van der Waals surface area contributed by atoms with Gasteiger partial charge in [-0.3, -0.25) is 4.79 Å². The molecular weight excluding hydrogens is 200 g/mol. The first kappa shape index (κ1) is 16.1. The molecule has 0 aromatic rings. The Balaban J connectivity index is 0. The molecule has 0 saturated heterocycles. The normalized spacial score (nSPS) is 8.27. The van der Waals surface area contributed by atoms with Crippen LogP contribution in [0.25, 0.3) is 0 Å². The average Bonchev–Trinajstić information content (AvgIpc) is 2.14. The first-order chi connectivity index (χ1) is 6.95. The number of aliphatic hydroxyl groups is 1. The van der Waals surface area contributed by atoms with Gasteiger partial charge in [0, 0.05) is 12.5 Å². The quantitative estimate of drug-likeness (QED) is 0.554. The number of rotatable bonds is 4. The number of carbonyl (C=O) groups is 2. The zero-order valence-electron chi connectivity index (χ0n) is 9.41. The maximum Gasteiger partial charge on any atom is 0.333 e. The van der Waals surface area contributed by atoms with Crippen LogP contribution in [0.3, 0.4) is 0 Å². The molecule has 1 N–H and O–H groups in total. The van der Waals surface area contributed by atoms with Gasteiger partial charge in [0.25, 0.3) is 0 Å². The van der Waals surface area contributed by atoms with Crippen molar-refractivity contribution in [3.63, 3.8) is 0 Å². The van der Waals surface area contributed by atoms with Crippen molar-refractivity contribution in [1.82, 2.24) is 0 Å². The van der Waals surface area contributed by atoms with Crippen molar-refractivity contribution < 1.29 is 24.2 Å². The molecule has 0 aliphatic heterocycles. The highest BCUT2D eigenvalue weighted by molar-refractivity contribution is 5.86. The molecule has 0 aromatic heterocycles. The summed E-state index contributed by atoms with van der Waals surface area (Å²) in [6, 6.07) is 0. The second kappa shape index (κ2) is 10.7. The Morgan fingerprint density at radius 1 is 1.27 bits per heavy atom. The number of aliphatic hydroxyl groups excluding tert-OH is 1. The van der Waals surface area contributed by atoms with E-state index in [0.29, 0.717) is 12.2 Å². The molecule has 0 atom stereocenters. The topological polar surface area (TPSA) is 72.8 Å². The van der Waals surface area contributed by atoms with E-state index >= 15 is 0 Å². The molecule has 0 amide bonds. The molecule has 5 nitrogen and oxygen atoms in total. The van der Waals surface area contributed by atoms with Crippen LogP contribution < -0.4 is 0 Å². The summed E-state index contributed by atoms with van der Waals surface area (Å²) in [7, 11) is 0. The third-order valence-electron chi connectivity index (χ3n) is 1.02. The minimum Gasteiger partial charge on any atom is -0.466 e. The molecule has 15 heavy (non-hydrogen) atoms. The summed E-state index contributed by atoms with van der Waals surface area (Å²) < 4.78 is 8.87. The second-order valence-electron chi connectivity index (χ2n) is 2.56. The lowest BCUT2D eigenvalue weighted by Gasteiger charge is -1.99. The number of hydrogen-bond donors (Lipinski definition) is 1. The van der Waals surface area contributed by atoms with Crippen molar-refractivity contribution in [2.45, 2.75) is 20.8 Å². The SMILES string of the molecule is C=C(C)C(=O)OCCO.CCOC(C)=O. The zero-order chi connectivity index (χ0) is 12.3. The average molecular weight is 218 g/mol. The van der Waals surface area contributed by atoms with E-state index in [1.807, 2.05) is 0 Å². The van der Waals surface area contributed by atoms with E-state index in [9.17, 15) is 9.59 Å². The zero-order valence-corrected chi connectivity index (χ0v) is 9.41. The predicted octanol–water partition coefficient (Wildman–Crippen LogP) is 0.667. The first-order valence-electron chi connectivity index (χ1n) is 4.52. The molecule has 0 aliphatic carbocycles. The van der Waals surface area contributed by atoms with E-state index in [-0.39, 0.29) is 19.2 Å². The maximum absolute atomic E-state index is 10.5. The molecular formula is C10H18O5. The van der Waals surface area contributed by atoms with E-state index in [0.717, 1.165) is 0 Å². The van der Waals surface area contributed by atoms with E-state index in [2.05, 4.69) is 16.1 Å². The van der Waals surface area contributed by atoms with Crippen LogP contribution in [0.1, 0.15) is 20.8 Å². The summed E-state index contributed by atoms with van der Waals surface area (Å²) in [5.41, 5.74) is 0.350. The minimum absolute atomic E-state index is 0.0473. The van der Waals surface area contributed by atoms with Gasteiger partial charge < -0.3 is 14.6 Å². The van der Waals surface area contributed by atoms with Crippen LogP contribution >= 0.6 is 0 Å². The Morgan fingerprint density at radius 3 is 2.00 bits per heavy atom. The Hall–Kier alpha value is -1.36. The van der Waals surface area contributed by atoms with Crippen LogP contribution in [0.2, 0.25) is 0 Å². The molecule has 0 heterocycles. The molecule has 0 unspecified atom stereocenters. The maximum atomic E-state index is 10.5. The van der Waals surface area contributed by atoms with Gasteiger partial charge in [-0.15, -0.1) is 0 Å². The van der Waals surface area contributed by atoms with Crippen molar-refractivity contribution in [3.05, 3.63) is 12.2 Å². The Morgan fingerprint density at radius 2 is 1.80 bits per heavy atom. The number of carbonyl (C=O) groups excluding carboxylic acids is 2. The third kappa shape index (κ3) is 15.4. The lowest BCUT2D eigenvalue weighted by molar-refractivity contribution is -0.141. The number of esters is 2. The van der Waals surface area contributed by atoms with Gasteiger partial charge in [0.2, 0.25) is 0 Å². The lowest BCUT2D eigenvalue weighted by Crippen LogP contribution is -2.08. The van der Waals surface area contributed by atoms with Crippen molar-refractivity contribution in [2.24, 2.45) is 0 Å². The van der Waals surface area contributed by atoms with E-state index in [4.69, 9.17) is 5.11 Å². The fourth-order valence-corrected chi connectivity index (χ4v) is 0.465. The van der Waals surface area contributed by atoms with Crippen molar-refractivity contribution >= 4 is 11.9 Å². The van der Waals surface area contributed by atoms with Crippen molar-refractivity contribution in [3.8, 4) is 0 Å². The van der Waals surface area contributed by atoms with Crippen LogP contribution in [-0.4, -0.2) is 36.9 Å². The van der Waals surface area contributed by atoms with E-state index in [1.54, 1.807) is 13.8 Å². The van der Waals surface area contributed by atoms with Crippen LogP contribution in [0, 0.1) is 0 Å². The highest BCUT2D eigenvalue weighted by Gasteiger charge is 1.99.